The number of aryl methyl sites for hydroxylation is 1. The number of methoxy groups -OCH3 is 2. The SMILES string of the molecule is COc1ccc(-c2nn(-c3nc(-c4ccc(C)cc4)cc(C(F)(F)F)n3)c(-c3ccc(OC)cc3)c2Cl)cc1. The first kappa shape index (κ1) is 26.2. The van der Waals surface area contributed by atoms with Gasteiger partial charge in [0.1, 0.15) is 17.2 Å². The molecule has 0 atom stereocenters. The molecular formula is C29H22ClF3N4O2. The molecule has 0 amide bonds. The van der Waals surface area contributed by atoms with Crippen LogP contribution in [0, 0.1) is 6.92 Å². The van der Waals surface area contributed by atoms with Crippen LogP contribution in [0.2, 0.25) is 5.02 Å². The van der Waals surface area contributed by atoms with Crippen molar-refractivity contribution in [3.8, 4) is 51.2 Å². The molecule has 0 spiro atoms. The van der Waals surface area contributed by atoms with Crippen molar-refractivity contribution in [3.63, 3.8) is 0 Å². The number of rotatable bonds is 6. The quantitative estimate of drug-likeness (QED) is 0.217. The van der Waals surface area contributed by atoms with Gasteiger partial charge in [0.2, 0.25) is 0 Å². The molecule has 0 aliphatic heterocycles. The normalized spacial score (nSPS) is 11.5. The summed E-state index contributed by atoms with van der Waals surface area (Å²) in [5, 5.41) is 4.84. The largest absolute Gasteiger partial charge is 0.497 e. The number of hydrogen-bond acceptors (Lipinski definition) is 5. The van der Waals surface area contributed by atoms with Crippen molar-refractivity contribution in [1.82, 2.24) is 19.7 Å². The van der Waals surface area contributed by atoms with Gasteiger partial charge in [-0.05, 0) is 61.5 Å². The molecule has 6 nitrogen and oxygen atoms in total. The number of aromatic nitrogens is 4. The Kier molecular flexibility index (Phi) is 7.01. The molecule has 39 heavy (non-hydrogen) atoms. The van der Waals surface area contributed by atoms with E-state index in [0.29, 0.717) is 39.6 Å². The third-order valence-corrected chi connectivity index (χ3v) is 6.45. The van der Waals surface area contributed by atoms with E-state index >= 15 is 0 Å². The average Bonchev–Trinajstić information content (AvgIpc) is 3.29. The van der Waals surface area contributed by atoms with Gasteiger partial charge in [0, 0.05) is 16.7 Å². The molecule has 5 aromatic rings. The number of ether oxygens (including phenoxy) is 2. The minimum Gasteiger partial charge on any atom is -0.497 e. The van der Waals surface area contributed by atoms with E-state index in [1.165, 1.54) is 11.8 Å². The van der Waals surface area contributed by atoms with Crippen LogP contribution in [0.5, 0.6) is 11.5 Å². The van der Waals surface area contributed by atoms with Crippen LogP contribution in [0.15, 0.2) is 78.9 Å². The number of alkyl halides is 3. The van der Waals surface area contributed by atoms with Crippen LogP contribution in [0.1, 0.15) is 11.3 Å². The summed E-state index contributed by atoms with van der Waals surface area (Å²) in [4.78, 5) is 8.37. The Hall–Kier alpha value is -4.37. The molecule has 0 radical (unpaired) electrons. The highest BCUT2D eigenvalue weighted by atomic mass is 35.5. The molecule has 0 unspecified atom stereocenters. The molecule has 3 aromatic carbocycles. The first-order valence-corrected chi connectivity index (χ1v) is 12.2. The highest BCUT2D eigenvalue weighted by Crippen LogP contribution is 2.39. The van der Waals surface area contributed by atoms with Crippen molar-refractivity contribution in [2.24, 2.45) is 0 Å². The van der Waals surface area contributed by atoms with Gasteiger partial charge in [-0.3, -0.25) is 0 Å². The zero-order valence-corrected chi connectivity index (χ0v) is 21.9. The van der Waals surface area contributed by atoms with E-state index in [4.69, 9.17) is 21.1 Å². The van der Waals surface area contributed by atoms with E-state index in [0.717, 1.165) is 11.6 Å². The van der Waals surface area contributed by atoms with Crippen molar-refractivity contribution in [2.75, 3.05) is 14.2 Å². The van der Waals surface area contributed by atoms with Gasteiger partial charge < -0.3 is 9.47 Å². The molecule has 0 N–H and O–H groups in total. The monoisotopic (exact) mass is 550 g/mol. The van der Waals surface area contributed by atoms with Crippen LogP contribution < -0.4 is 9.47 Å². The summed E-state index contributed by atoms with van der Waals surface area (Å²) in [5.74, 6) is 0.967. The first-order valence-electron chi connectivity index (χ1n) is 11.8. The maximum absolute atomic E-state index is 14.0. The maximum atomic E-state index is 14.0. The van der Waals surface area contributed by atoms with Gasteiger partial charge in [0.05, 0.1) is 30.6 Å². The fraction of sp³-hybridized carbons (Fsp3) is 0.138. The van der Waals surface area contributed by atoms with E-state index in [9.17, 15) is 13.2 Å². The second-order valence-electron chi connectivity index (χ2n) is 8.68. The summed E-state index contributed by atoms with van der Waals surface area (Å²) in [5.41, 5.74) is 2.39. The molecule has 10 heteroatoms. The lowest BCUT2D eigenvalue weighted by Crippen LogP contribution is -2.14. The zero-order chi connectivity index (χ0) is 27.7. The van der Waals surface area contributed by atoms with Gasteiger partial charge in [-0.15, -0.1) is 0 Å². The lowest BCUT2D eigenvalue weighted by molar-refractivity contribution is -0.141. The fourth-order valence-corrected chi connectivity index (χ4v) is 4.36. The molecule has 0 fully saturated rings. The fourth-order valence-electron chi connectivity index (χ4n) is 4.02. The van der Waals surface area contributed by atoms with Gasteiger partial charge in [-0.25, -0.2) is 9.97 Å². The summed E-state index contributed by atoms with van der Waals surface area (Å²) in [6.07, 6.45) is -4.72. The third-order valence-electron chi connectivity index (χ3n) is 6.10. The Morgan fingerprint density at radius 3 is 1.82 bits per heavy atom. The second kappa shape index (κ2) is 10.4. The summed E-state index contributed by atoms with van der Waals surface area (Å²) in [6.45, 7) is 1.89. The van der Waals surface area contributed by atoms with Crippen LogP contribution >= 0.6 is 11.6 Å². The van der Waals surface area contributed by atoms with E-state index in [-0.39, 0.29) is 16.7 Å². The van der Waals surface area contributed by atoms with Crippen molar-refractivity contribution in [2.45, 2.75) is 13.1 Å². The Balaban J connectivity index is 1.76. The van der Waals surface area contributed by atoms with Gasteiger partial charge >= 0.3 is 6.18 Å². The summed E-state index contributed by atoms with van der Waals surface area (Å²) < 4.78 is 53.7. The third kappa shape index (κ3) is 5.31. The minimum atomic E-state index is -4.72. The topological polar surface area (TPSA) is 62.1 Å². The summed E-state index contributed by atoms with van der Waals surface area (Å²) in [6, 6.07) is 21.9. The predicted octanol–water partition coefficient (Wildman–Crippen LogP) is 7.66. The molecule has 0 saturated heterocycles. The molecule has 2 aromatic heterocycles. The lowest BCUT2D eigenvalue weighted by atomic mass is 10.1. The number of halogens is 4. The first-order chi connectivity index (χ1) is 18.7. The smallest absolute Gasteiger partial charge is 0.433 e. The standard InChI is InChI=1S/C29H22ClF3N4O2/c1-17-4-6-18(7-5-17)23-16-24(29(31,32)33)35-28(34-23)37-27(20-10-14-22(39-3)15-11-20)25(30)26(36-37)19-8-12-21(38-2)13-9-19/h4-16H,1-3H3. The summed E-state index contributed by atoms with van der Waals surface area (Å²) in [7, 11) is 3.09. The van der Waals surface area contributed by atoms with Crippen LogP contribution in [0.3, 0.4) is 0 Å². The molecule has 198 valence electrons. The van der Waals surface area contributed by atoms with Crippen LogP contribution in [0.25, 0.3) is 39.7 Å². The van der Waals surface area contributed by atoms with Crippen LogP contribution in [-0.4, -0.2) is 34.0 Å². The molecule has 5 rings (SSSR count). The number of nitrogens with zero attached hydrogens (tertiary/aromatic N) is 4. The second-order valence-corrected chi connectivity index (χ2v) is 9.06. The minimum absolute atomic E-state index is 0.102. The Morgan fingerprint density at radius 2 is 1.28 bits per heavy atom. The Labute approximate surface area is 227 Å². The Morgan fingerprint density at radius 1 is 0.744 bits per heavy atom. The van der Waals surface area contributed by atoms with Crippen molar-refractivity contribution >= 4 is 11.6 Å². The average molecular weight is 551 g/mol. The highest BCUT2D eigenvalue weighted by Gasteiger charge is 2.35. The molecular weight excluding hydrogens is 529 g/mol. The van der Waals surface area contributed by atoms with E-state index < -0.39 is 11.9 Å². The van der Waals surface area contributed by atoms with Gasteiger partial charge in [0.15, 0.2) is 5.69 Å². The molecule has 0 saturated carbocycles. The molecule has 0 bridgehead atoms. The van der Waals surface area contributed by atoms with Crippen LogP contribution in [0.4, 0.5) is 13.2 Å². The highest BCUT2D eigenvalue weighted by molar-refractivity contribution is 6.35. The molecule has 0 aliphatic carbocycles. The van der Waals surface area contributed by atoms with Crippen LogP contribution in [-0.2, 0) is 6.18 Å². The van der Waals surface area contributed by atoms with E-state index in [1.54, 1.807) is 79.9 Å². The molecule has 0 aliphatic rings. The van der Waals surface area contributed by atoms with Crippen molar-refractivity contribution in [1.29, 1.82) is 0 Å². The molecule has 2 heterocycles. The van der Waals surface area contributed by atoms with Gasteiger partial charge in [-0.1, -0.05) is 41.4 Å². The number of hydrogen-bond donors (Lipinski definition) is 0. The predicted molar refractivity (Wildman–Crippen MR) is 143 cm³/mol. The van der Waals surface area contributed by atoms with Gasteiger partial charge in [-0.2, -0.15) is 23.0 Å². The van der Waals surface area contributed by atoms with E-state index in [1.807, 2.05) is 6.92 Å². The van der Waals surface area contributed by atoms with Crippen molar-refractivity contribution in [3.05, 3.63) is 95.1 Å². The summed E-state index contributed by atoms with van der Waals surface area (Å²) >= 11 is 6.88. The zero-order valence-electron chi connectivity index (χ0n) is 21.1. The number of benzene rings is 3. The lowest BCUT2D eigenvalue weighted by Gasteiger charge is -2.13. The maximum Gasteiger partial charge on any atom is 0.433 e. The Bertz CT molecular complexity index is 1620. The van der Waals surface area contributed by atoms with E-state index in [2.05, 4.69) is 15.1 Å². The van der Waals surface area contributed by atoms with Crippen molar-refractivity contribution < 1.29 is 22.6 Å². The van der Waals surface area contributed by atoms with Gasteiger partial charge in [0.25, 0.3) is 5.95 Å².